The molecule has 2 aromatic carbocycles. The maximum Gasteiger partial charge on any atom is 0.251 e. The molecule has 1 aliphatic heterocycles. The van der Waals surface area contributed by atoms with Crippen LogP contribution in [0.15, 0.2) is 53.0 Å². The Bertz CT molecular complexity index is 784. The summed E-state index contributed by atoms with van der Waals surface area (Å²) in [5.74, 6) is -0.274. The number of halogens is 1. The van der Waals surface area contributed by atoms with Crippen LogP contribution in [0.1, 0.15) is 15.9 Å². The van der Waals surface area contributed by atoms with Crippen LogP contribution in [-0.2, 0) is 4.79 Å². The summed E-state index contributed by atoms with van der Waals surface area (Å²) in [6.45, 7) is 5.05. The Morgan fingerprint density at radius 3 is 2.38 bits per heavy atom. The fourth-order valence-electron chi connectivity index (χ4n) is 3.01. The van der Waals surface area contributed by atoms with Gasteiger partial charge in [-0.05, 0) is 48.9 Å². The summed E-state index contributed by atoms with van der Waals surface area (Å²) in [6, 6.07) is 15.5. The lowest BCUT2D eigenvalue weighted by Gasteiger charge is -2.36. The molecule has 0 atom stereocenters. The number of nitrogens with zero attached hydrogens (tertiary/aromatic N) is 2. The quantitative estimate of drug-likeness (QED) is 0.834. The summed E-state index contributed by atoms with van der Waals surface area (Å²) < 4.78 is 0.914. The number of hydrogen-bond donors (Lipinski definition) is 1. The molecule has 1 fully saturated rings. The van der Waals surface area contributed by atoms with E-state index in [1.165, 1.54) is 11.3 Å². The molecular weight excluding hydrogens is 394 g/mol. The van der Waals surface area contributed by atoms with Gasteiger partial charge >= 0.3 is 0 Å². The lowest BCUT2D eigenvalue weighted by atomic mass is 10.2. The van der Waals surface area contributed by atoms with Gasteiger partial charge in [-0.25, -0.2) is 0 Å². The molecule has 1 aliphatic rings. The molecule has 3 rings (SSSR count). The number of amides is 2. The Morgan fingerprint density at radius 1 is 1.04 bits per heavy atom. The van der Waals surface area contributed by atoms with E-state index in [1.54, 1.807) is 24.3 Å². The van der Waals surface area contributed by atoms with Crippen molar-refractivity contribution in [2.24, 2.45) is 0 Å². The number of aryl methyl sites for hydroxylation is 1. The van der Waals surface area contributed by atoms with Gasteiger partial charge in [0.25, 0.3) is 5.91 Å². The molecule has 0 aliphatic carbocycles. The van der Waals surface area contributed by atoms with Crippen LogP contribution in [0.4, 0.5) is 5.69 Å². The maximum atomic E-state index is 12.4. The van der Waals surface area contributed by atoms with Crippen molar-refractivity contribution in [1.29, 1.82) is 0 Å². The zero-order chi connectivity index (χ0) is 18.5. The van der Waals surface area contributed by atoms with E-state index in [1.807, 2.05) is 4.90 Å². The highest BCUT2D eigenvalue weighted by atomic mass is 79.9. The fourth-order valence-corrected chi connectivity index (χ4v) is 3.27. The summed E-state index contributed by atoms with van der Waals surface area (Å²) in [5.41, 5.74) is 2.97. The van der Waals surface area contributed by atoms with Gasteiger partial charge in [-0.2, -0.15) is 0 Å². The zero-order valence-electron chi connectivity index (χ0n) is 14.7. The van der Waals surface area contributed by atoms with Crippen LogP contribution >= 0.6 is 15.9 Å². The molecule has 0 bridgehead atoms. The van der Waals surface area contributed by atoms with E-state index >= 15 is 0 Å². The molecule has 1 saturated heterocycles. The minimum atomic E-state index is -0.232. The van der Waals surface area contributed by atoms with Gasteiger partial charge in [-0.1, -0.05) is 28.1 Å². The molecule has 0 aromatic heterocycles. The molecule has 0 unspecified atom stereocenters. The van der Waals surface area contributed by atoms with E-state index in [0.717, 1.165) is 17.6 Å². The number of nitrogens with one attached hydrogen (secondary N) is 1. The number of piperazine rings is 1. The second-order valence-electron chi connectivity index (χ2n) is 6.40. The lowest BCUT2D eigenvalue weighted by Crippen LogP contribution is -2.51. The Labute approximate surface area is 162 Å². The third kappa shape index (κ3) is 4.64. The maximum absolute atomic E-state index is 12.4. The topological polar surface area (TPSA) is 52.6 Å². The molecular formula is C20H22BrN3O2. The highest BCUT2D eigenvalue weighted by molar-refractivity contribution is 9.10. The molecule has 26 heavy (non-hydrogen) atoms. The molecule has 136 valence electrons. The fraction of sp³-hybridized carbons (Fsp3) is 0.300. The molecule has 1 heterocycles. The second-order valence-corrected chi connectivity index (χ2v) is 7.31. The van der Waals surface area contributed by atoms with Crippen LogP contribution < -0.4 is 10.2 Å². The van der Waals surface area contributed by atoms with Crippen molar-refractivity contribution in [1.82, 2.24) is 10.2 Å². The molecule has 0 radical (unpaired) electrons. The van der Waals surface area contributed by atoms with Crippen molar-refractivity contribution in [2.75, 3.05) is 37.6 Å². The van der Waals surface area contributed by atoms with Crippen molar-refractivity contribution < 1.29 is 9.59 Å². The van der Waals surface area contributed by atoms with Crippen molar-refractivity contribution in [3.8, 4) is 0 Å². The van der Waals surface area contributed by atoms with Crippen molar-refractivity contribution in [2.45, 2.75) is 6.92 Å². The first-order chi connectivity index (χ1) is 12.5. The highest BCUT2D eigenvalue weighted by Gasteiger charge is 2.21. The number of rotatable bonds is 4. The average Bonchev–Trinajstić information content (AvgIpc) is 2.66. The van der Waals surface area contributed by atoms with Gasteiger partial charge < -0.3 is 15.1 Å². The largest absolute Gasteiger partial charge is 0.368 e. The first kappa shape index (κ1) is 18.5. The number of carbonyl (C=O) groups is 2. The van der Waals surface area contributed by atoms with Crippen LogP contribution in [0.5, 0.6) is 0 Å². The molecule has 2 amide bonds. The van der Waals surface area contributed by atoms with Gasteiger partial charge in [0.1, 0.15) is 0 Å². The Kier molecular flexibility index (Phi) is 5.93. The van der Waals surface area contributed by atoms with Crippen LogP contribution in [0, 0.1) is 6.92 Å². The van der Waals surface area contributed by atoms with Crippen molar-refractivity contribution in [3.63, 3.8) is 0 Å². The van der Waals surface area contributed by atoms with E-state index in [-0.39, 0.29) is 18.4 Å². The summed E-state index contributed by atoms with van der Waals surface area (Å²) in [5, 5.41) is 2.71. The standard InChI is InChI=1S/C20H22BrN3O2/c1-15-3-2-4-18(13-15)23-9-11-24(12-10-23)19(25)14-22-20(26)16-5-7-17(21)8-6-16/h2-8,13H,9-12,14H2,1H3,(H,22,26). The predicted molar refractivity (Wildman–Crippen MR) is 106 cm³/mol. The lowest BCUT2D eigenvalue weighted by molar-refractivity contribution is -0.130. The second kappa shape index (κ2) is 8.36. The minimum absolute atomic E-state index is 0.0271. The smallest absolute Gasteiger partial charge is 0.251 e. The first-order valence-corrected chi connectivity index (χ1v) is 9.45. The Hall–Kier alpha value is -2.34. The minimum Gasteiger partial charge on any atom is -0.368 e. The molecule has 2 aromatic rings. The molecule has 0 spiro atoms. The summed E-state index contributed by atoms with van der Waals surface area (Å²) in [6.07, 6.45) is 0. The average molecular weight is 416 g/mol. The molecule has 6 heteroatoms. The Morgan fingerprint density at radius 2 is 1.73 bits per heavy atom. The third-order valence-corrected chi connectivity index (χ3v) is 5.03. The van der Waals surface area contributed by atoms with E-state index in [4.69, 9.17) is 0 Å². The number of benzene rings is 2. The van der Waals surface area contributed by atoms with Gasteiger partial charge in [0.15, 0.2) is 0 Å². The highest BCUT2D eigenvalue weighted by Crippen LogP contribution is 2.17. The van der Waals surface area contributed by atoms with E-state index in [9.17, 15) is 9.59 Å². The van der Waals surface area contributed by atoms with Gasteiger partial charge in [0.05, 0.1) is 6.54 Å². The van der Waals surface area contributed by atoms with Gasteiger partial charge in [-0.3, -0.25) is 9.59 Å². The number of anilines is 1. The van der Waals surface area contributed by atoms with Crippen molar-refractivity contribution >= 4 is 33.4 Å². The predicted octanol–water partition coefficient (Wildman–Crippen LogP) is 2.84. The van der Waals surface area contributed by atoms with Crippen molar-refractivity contribution in [3.05, 3.63) is 64.1 Å². The van der Waals surface area contributed by atoms with E-state index < -0.39 is 0 Å². The normalized spacial score (nSPS) is 14.2. The summed E-state index contributed by atoms with van der Waals surface area (Å²) >= 11 is 3.34. The van der Waals surface area contributed by atoms with Crippen LogP contribution in [0.25, 0.3) is 0 Å². The van der Waals surface area contributed by atoms with E-state index in [2.05, 4.69) is 57.3 Å². The molecule has 5 nitrogen and oxygen atoms in total. The summed E-state index contributed by atoms with van der Waals surface area (Å²) in [4.78, 5) is 28.6. The number of hydrogen-bond acceptors (Lipinski definition) is 3. The van der Waals surface area contributed by atoms with E-state index in [0.29, 0.717) is 18.7 Å². The van der Waals surface area contributed by atoms with Gasteiger partial charge in [0, 0.05) is 41.9 Å². The van der Waals surface area contributed by atoms with Gasteiger partial charge in [-0.15, -0.1) is 0 Å². The number of carbonyl (C=O) groups excluding carboxylic acids is 2. The SMILES string of the molecule is Cc1cccc(N2CCN(C(=O)CNC(=O)c3ccc(Br)cc3)CC2)c1. The molecule has 0 saturated carbocycles. The van der Waals surface area contributed by atoms with Crippen LogP contribution in [0.3, 0.4) is 0 Å². The Balaban J connectivity index is 1.47. The monoisotopic (exact) mass is 415 g/mol. The summed E-state index contributed by atoms with van der Waals surface area (Å²) in [7, 11) is 0. The molecule has 1 N–H and O–H groups in total. The first-order valence-electron chi connectivity index (χ1n) is 8.66. The zero-order valence-corrected chi connectivity index (χ0v) is 16.3. The van der Waals surface area contributed by atoms with Crippen LogP contribution in [0.2, 0.25) is 0 Å². The van der Waals surface area contributed by atoms with Gasteiger partial charge in [0.2, 0.25) is 5.91 Å². The van der Waals surface area contributed by atoms with Crippen LogP contribution in [-0.4, -0.2) is 49.4 Å². The third-order valence-electron chi connectivity index (χ3n) is 4.51.